The summed E-state index contributed by atoms with van der Waals surface area (Å²) in [6, 6.07) is 8.29. The molecular weight excluding hydrogens is 212 g/mol. The molecule has 1 aromatic rings. The van der Waals surface area contributed by atoms with Crippen LogP contribution in [0.3, 0.4) is 0 Å². The molecule has 0 spiro atoms. The number of carbonyl (C=O) groups excluding carboxylic acids is 1. The maximum Gasteiger partial charge on any atom is 0.244 e. The zero-order chi connectivity index (χ0) is 12.6. The number of hydrogen-bond acceptors (Lipinski definition) is 2. The van der Waals surface area contributed by atoms with Crippen LogP contribution in [0.4, 0.5) is 5.69 Å². The van der Waals surface area contributed by atoms with Gasteiger partial charge in [0.25, 0.3) is 0 Å². The van der Waals surface area contributed by atoms with Crippen LogP contribution < -0.4 is 4.90 Å². The number of anilines is 1. The lowest BCUT2D eigenvalue weighted by atomic mass is 10.0. The van der Waals surface area contributed by atoms with Crippen molar-refractivity contribution in [1.82, 2.24) is 4.90 Å². The zero-order valence-electron chi connectivity index (χ0n) is 11.0. The molecule has 0 aliphatic carbocycles. The summed E-state index contributed by atoms with van der Waals surface area (Å²) in [5.74, 6) is 0.664. The fraction of sp³-hybridized carbons (Fsp3) is 0.500. The molecule has 3 heteroatoms. The molecule has 0 radical (unpaired) electrons. The molecule has 0 aromatic heterocycles. The Bertz CT molecular complexity index is 428. The van der Waals surface area contributed by atoms with E-state index in [1.807, 2.05) is 27.1 Å². The number of fused-ring (bicyclic) bond motifs is 1. The third-order valence-corrected chi connectivity index (χ3v) is 3.51. The highest BCUT2D eigenvalue weighted by atomic mass is 16.2. The molecule has 3 nitrogen and oxygen atoms in total. The normalized spacial score (nSPS) is 20.0. The number of rotatable bonds is 2. The van der Waals surface area contributed by atoms with E-state index >= 15 is 0 Å². The molecule has 17 heavy (non-hydrogen) atoms. The van der Waals surface area contributed by atoms with Gasteiger partial charge in [-0.25, -0.2) is 0 Å². The number of nitrogens with zero attached hydrogens (tertiary/aromatic N) is 2. The Morgan fingerprint density at radius 1 is 1.41 bits per heavy atom. The van der Waals surface area contributed by atoms with Crippen molar-refractivity contribution < 1.29 is 4.79 Å². The summed E-state index contributed by atoms with van der Waals surface area (Å²) < 4.78 is 0. The van der Waals surface area contributed by atoms with Crippen LogP contribution >= 0.6 is 0 Å². The van der Waals surface area contributed by atoms with Gasteiger partial charge in [-0.3, -0.25) is 4.79 Å². The highest BCUT2D eigenvalue weighted by Crippen LogP contribution is 2.36. The lowest BCUT2D eigenvalue weighted by Gasteiger charge is -2.28. The molecule has 2 atom stereocenters. The van der Waals surface area contributed by atoms with E-state index in [1.54, 1.807) is 4.90 Å². The van der Waals surface area contributed by atoms with E-state index < -0.39 is 0 Å². The van der Waals surface area contributed by atoms with Gasteiger partial charge in [0.2, 0.25) is 5.91 Å². The van der Waals surface area contributed by atoms with Gasteiger partial charge in [0.05, 0.1) is 0 Å². The summed E-state index contributed by atoms with van der Waals surface area (Å²) in [7, 11) is 3.62. The van der Waals surface area contributed by atoms with Crippen molar-refractivity contribution in [2.24, 2.45) is 0 Å². The number of amides is 1. The van der Waals surface area contributed by atoms with Crippen LogP contribution in [0.15, 0.2) is 24.3 Å². The minimum Gasteiger partial charge on any atom is -0.359 e. The van der Waals surface area contributed by atoms with Gasteiger partial charge in [0.15, 0.2) is 0 Å². The zero-order valence-corrected chi connectivity index (χ0v) is 11.0. The van der Waals surface area contributed by atoms with Gasteiger partial charge in [-0.15, -0.1) is 0 Å². The topological polar surface area (TPSA) is 23.6 Å². The van der Waals surface area contributed by atoms with Crippen molar-refractivity contribution >= 4 is 11.6 Å². The summed E-state index contributed by atoms with van der Waals surface area (Å²) in [5.41, 5.74) is 2.56. The van der Waals surface area contributed by atoms with Crippen molar-refractivity contribution in [2.75, 3.05) is 25.5 Å². The largest absolute Gasteiger partial charge is 0.359 e. The van der Waals surface area contributed by atoms with Crippen molar-refractivity contribution in [3.63, 3.8) is 0 Å². The van der Waals surface area contributed by atoms with Crippen molar-refractivity contribution in [1.29, 1.82) is 0 Å². The molecular formula is C14H20N2O. The van der Waals surface area contributed by atoms with E-state index in [9.17, 15) is 4.79 Å². The predicted octanol–water partition coefficient (Wildman–Crippen LogP) is 2.09. The Balaban J connectivity index is 2.28. The minimum atomic E-state index is -0.0869. The Kier molecular flexibility index (Phi) is 3.09. The van der Waals surface area contributed by atoms with Crippen molar-refractivity contribution in [2.45, 2.75) is 25.8 Å². The molecule has 0 fully saturated rings. The SMILES string of the molecule is CC1CN(C(C)C(=O)N(C)C)c2ccccc21. The molecule has 92 valence electrons. The van der Waals surface area contributed by atoms with Gasteiger partial charge in [0, 0.05) is 32.2 Å². The number of hydrogen-bond donors (Lipinski definition) is 0. The summed E-state index contributed by atoms with van der Waals surface area (Å²) in [5, 5.41) is 0. The second kappa shape index (κ2) is 4.40. The first-order valence-corrected chi connectivity index (χ1v) is 6.09. The fourth-order valence-electron chi connectivity index (χ4n) is 2.53. The lowest BCUT2D eigenvalue weighted by molar-refractivity contribution is -0.129. The maximum absolute atomic E-state index is 12.0. The molecule has 0 bridgehead atoms. The van der Waals surface area contributed by atoms with Gasteiger partial charge in [-0.2, -0.15) is 0 Å². The second-order valence-corrected chi connectivity index (χ2v) is 5.02. The highest BCUT2D eigenvalue weighted by molar-refractivity contribution is 5.85. The number of benzene rings is 1. The standard InChI is InChI=1S/C14H20N2O/c1-10-9-16(11(2)14(17)15(3)4)13-8-6-5-7-12(10)13/h5-8,10-11H,9H2,1-4H3. The summed E-state index contributed by atoms with van der Waals surface area (Å²) in [4.78, 5) is 15.9. The summed E-state index contributed by atoms with van der Waals surface area (Å²) >= 11 is 0. The molecule has 0 N–H and O–H groups in total. The molecule has 1 heterocycles. The van der Waals surface area contributed by atoms with E-state index in [1.165, 1.54) is 11.3 Å². The molecule has 1 aromatic carbocycles. The predicted molar refractivity (Wildman–Crippen MR) is 70.4 cm³/mol. The van der Waals surface area contributed by atoms with Crippen LogP contribution in [0.5, 0.6) is 0 Å². The number of carbonyl (C=O) groups is 1. The molecule has 0 saturated carbocycles. The highest BCUT2D eigenvalue weighted by Gasteiger charge is 2.31. The minimum absolute atomic E-state index is 0.0869. The maximum atomic E-state index is 12.0. The third-order valence-electron chi connectivity index (χ3n) is 3.51. The van der Waals surface area contributed by atoms with Gasteiger partial charge in [-0.1, -0.05) is 25.1 Å². The average Bonchev–Trinajstić information content (AvgIpc) is 2.65. The van der Waals surface area contributed by atoms with Crippen LogP contribution in [0.1, 0.15) is 25.3 Å². The Morgan fingerprint density at radius 3 is 2.71 bits per heavy atom. The lowest BCUT2D eigenvalue weighted by Crippen LogP contribution is -2.44. The van der Waals surface area contributed by atoms with Crippen LogP contribution in [0, 0.1) is 0 Å². The van der Waals surface area contributed by atoms with E-state index in [-0.39, 0.29) is 11.9 Å². The van der Waals surface area contributed by atoms with E-state index in [0.717, 1.165) is 6.54 Å². The smallest absolute Gasteiger partial charge is 0.244 e. The summed E-state index contributed by atoms with van der Waals surface area (Å²) in [6.07, 6.45) is 0. The number of para-hydroxylation sites is 1. The van der Waals surface area contributed by atoms with Gasteiger partial charge in [0.1, 0.15) is 6.04 Å². The first-order chi connectivity index (χ1) is 8.02. The molecule has 2 rings (SSSR count). The first kappa shape index (κ1) is 12.0. The van der Waals surface area contributed by atoms with Gasteiger partial charge < -0.3 is 9.80 Å². The Hall–Kier alpha value is -1.51. The molecule has 1 aliphatic rings. The molecule has 0 saturated heterocycles. The third kappa shape index (κ3) is 2.02. The first-order valence-electron chi connectivity index (χ1n) is 6.09. The molecule has 1 amide bonds. The average molecular weight is 232 g/mol. The van der Waals surface area contributed by atoms with E-state index in [0.29, 0.717) is 5.92 Å². The van der Waals surface area contributed by atoms with Crippen LogP contribution in [0.2, 0.25) is 0 Å². The molecule has 2 unspecified atom stereocenters. The van der Waals surface area contributed by atoms with Crippen molar-refractivity contribution in [3.8, 4) is 0 Å². The van der Waals surface area contributed by atoms with Gasteiger partial charge in [-0.05, 0) is 18.6 Å². The van der Waals surface area contributed by atoms with Gasteiger partial charge >= 0.3 is 0 Å². The van der Waals surface area contributed by atoms with Crippen LogP contribution in [0.25, 0.3) is 0 Å². The van der Waals surface area contributed by atoms with Crippen LogP contribution in [-0.4, -0.2) is 37.5 Å². The Labute approximate surface area is 103 Å². The monoisotopic (exact) mass is 232 g/mol. The van der Waals surface area contributed by atoms with Crippen molar-refractivity contribution in [3.05, 3.63) is 29.8 Å². The fourth-order valence-corrected chi connectivity index (χ4v) is 2.53. The second-order valence-electron chi connectivity index (χ2n) is 5.02. The van der Waals surface area contributed by atoms with E-state index in [2.05, 4.69) is 30.0 Å². The summed E-state index contributed by atoms with van der Waals surface area (Å²) in [6.45, 7) is 5.13. The number of likely N-dealkylation sites (N-methyl/N-ethyl adjacent to an activating group) is 1. The van der Waals surface area contributed by atoms with Crippen LogP contribution in [-0.2, 0) is 4.79 Å². The Morgan fingerprint density at radius 2 is 2.06 bits per heavy atom. The quantitative estimate of drug-likeness (QED) is 0.779. The molecule has 1 aliphatic heterocycles. The van der Waals surface area contributed by atoms with E-state index in [4.69, 9.17) is 0 Å².